The highest BCUT2D eigenvalue weighted by molar-refractivity contribution is 7.86. The number of alkyl halides is 5. The van der Waals surface area contributed by atoms with Crippen LogP contribution in [-0.4, -0.2) is 44.3 Å². The third kappa shape index (κ3) is 4.41. The highest BCUT2D eigenvalue weighted by Gasteiger charge is 2.66. The maximum absolute atomic E-state index is 13.2. The van der Waals surface area contributed by atoms with Crippen molar-refractivity contribution in [2.75, 3.05) is 0 Å². The highest BCUT2D eigenvalue weighted by Crippen LogP contribution is 2.38. The van der Waals surface area contributed by atoms with Crippen LogP contribution in [0.3, 0.4) is 0 Å². The second-order valence-corrected chi connectivity index (χ2v) is 5.76. The van der Waals surface area contributed by atoms with E-state index in [0.29, 0.717) is 5.56 Å². The van der Waals surface area contributed by atoms with Crippen LogP contribution < -0.4 is 0 Å². The van der Waals surface area contributed by atoms with Crippen molar-refractivity contribution in [2.45, 2.75) is 23.9 Å². The van der Waals surface area contributed by atoms with Crippen LogP contribution in [0.1, 0.15) is 15.9 Å². The van der Waals surface area contributed by atoms with Crippen LogP contribution >= 0.6 is 0 Å². The highest BCUT2D eigenvalue weighted by atomic mass is 32.2. The molecule has 0 saturated heterocycles. The molecule has 1 aromatic carbocycles. The minimum absolute atomic E-state index is 0.0569. The lowest BCUT2D eigenvalue weighted by atomic mass is 9.96. The van der Waals surface area contributed by atoms with Gasteiger partial charge >= 0.3 is 27.5 Å². The molecule has 5 nitrogen and oxygen atoms in total. The quantitative estimate of drug-likeness (QED) is 0.377. The fraction of sp³-hybridized carbons (Fsp3) is 0.364. The Morgan fingerprint density at radius 1 is 1.17 bits per heavy atom. The molecule has 0 spiro atoms. The number of carbonyl (C=O) groups is 1. The molecule has 2 radical (unpaired) electrons. The summed E-state index contributed by atoms with van der Waals surface area (Å²) in [5.41, 5.74) is -0.0419. The van der Waals surface area contributed by atoms with Crippen LogP contribution in [0.15, 0.2) is 24.3 Å². The lowest BCUT2D eigenvalue weighted by molar-refractivity contribution is -0.248. The standard InChI is InChI=1S/C11H8BF5O5S/c12-5-6-1-3-7(4-2-6)8(18)22-9(10(13,14)15)11(16,17)23(19,20)21/h1-4,9H,5H2,(H,19,20,21). The van der Waals surface area contributed by atoms with Gasteiger partial charge in [-0.1, -0.05) is 24.0 Å². The van der Waals surface area contributed by atoms with E-state index in [9.17, 15) is 35.2 Å². The molecule has 12 heteroatoms. The summed E-state index contributed by atoms with van der Waals surface area (Å²) in [6.45, 7) is 0. The van der Waals surface area contributed by atoms with Crippen molar-refractivity contribution in [3.8, 4) is 0 Å². The van der Waals surface area contributed by atoms with E-state index in [0.717, 1.165) is 12.1 Å². The number of benzene rings is 1. The summed E-state index contributed by atoms with van der Waals surface area (Å²) in [7, 11) is -1.21. The lowest BCUT2D eigenvalue weighted by Crippen LogP contribution is -2.52. The summed E-state index contributed by atoms with van der Waals surface area (Å²) in [6, 6.07) is 4.40. The Balaban J connectivity index is 3.14. The summed E-state index contributed by atoms with van der Waals surface area (Å²) in [5, 5.41) is -5.77. The van der Waals surface area contributed by atoms with E-state index in [-0.39, 0.29) is 6.32 Å². The maximum Gasteiger partial charge on any atom is 0.432 e. The van der Waals surface area contributed by atoms with E-state index in [1.807, 2.05) is 0 Å². The van der Waals surface area contributed by atoms with Gasteiger partial charge in [-0.15, -0.1) is 0 Å². The number of rotatable bonds is 5. The van der Waals surface area contributed by atoms with Crippen LogP contribution in [0.4, 0.5) is 22.0 Å². The summed E-state index contributed by atoms with van der Waals surface area (Å²) < 4.78 is 97.0. The average Bonchev–Trinajstić information content (AvgIpc) is 2.41. The van der Waals surface area contributed by atoms with Crippen molar-refractivity contribution in [1.29, 1.82) is 0 Å². The predicted molar refractivity (Wildman–Crippen MR) is 67.7 cm³/mol. The summed E-state index contributed by atoms with van der Waals surface area (Å²) in [5.74, 6) is -1.85. The first-order valence-electron chi connectivity index (χ1n) is 5.72. The molecular weight excluding hydrogens is 350 g/mol. The van der Waals surface area contributed by atoms with E-state index in [4.69, 9.17) is 12.4 Å². The third-order valence-corrected chi connectivity index (χ3v) is 3.50. The molecule has 0 bridgehead atoms. The molecule has 1 aromatic rings. The molecule has 1 rings (SSSR count). The Morgan fingerprint density at radius 3 is 2.00 bits per heavy atom. The summed E-state index contributed by atoms with van der Waals surface area (Å²) >= 11 is 0. The lowest BCUT2D eigenvalue weighted by Gasteiger charge is -2.26. The molecule has 0 aliphatic carbocycles. The van der Waals surface area contributed by atoms with Gasteiger partial charge in [-0.25, -0.2) is 4.79 Å². The second-order valence-electron chi connectivity index (χ2n) is 4.26. The van der Waals surface area contributed by atoms with E-state index in [2.05, 4.69) is 4.74 Å². The molecular formula is C11H8BF5O5S. The van der Waals surface area contributed by atoms with E-state index in [1.165, 1.54) is 12.1 Å². The Labute approximate surface area is 128 Å². The van der Waals surface area contributed by atoms with Gasteiger partial charge < -0.3 is 4.74 Å². The molecule has 0 saturated carbocycles. The molecule has 1 N–H and O–H groups in total. The molecule has 0 amide bonds. The maximum atomic E-state index is 13.2. The SMILES string of the molecule is [B]Cc1ccc(C(=O)OC(C(F)(F)F)C(F)(F)S(=O)(=O)O)cc1. The van der Waals surface area contributed by atoms with Crippen LogP contribution in [0.5, 0.6) is 0 Å². The zero-order valence-corrected chi connectivity index (χ0v) is 11.9. The van der Waals surface area contributed by atoms with Crippen LogP contribution in [0.2, 0.25) is 0 Å². The van der Waals surface area contributed by atoms with Gasteiger partial charge in [0.25, 0.3) is 6.10 Å². The molecule has 0 aliphatic rings. The monoisotopic (exact) mass is 358 g/mol. The second kappa shape index (κ2) is 6.44. The molecule has 1 unspecified atom stereocenters. The average molecular weight is 358 g/mol. The number of hydrogen-bond acceptors (Lipinski definition) is 4. The van der Waals surface area contributed by atoms with Crippen LogP contribution in [0, 0.1) is 0 Å². The van der Waals surface area contributed by atoms with E-state index in [1.54, 1.807) is 0 Å². The van der Waals surface area contributed by atoms with E-state index >= 15 is 0 Å². The van der Waals surface area contributed by atoms with Crippen molar-refractivity contribution in [3.63, 3.8) is 0 Å². The first-order valence-corrected chi connectivity index (χ1v) is 7.16. The summed E-state index contributed by atoms with van der Waals surface area (Å²) in [4.78, 5) is 11.5. The number of ether oxygens (including phenoxy) is 1. The molecule has 0 fully saturated rings. The molecule has 23 heavy (non-hydrogen) atoms. The number of hydrogen-bond donors (Lipinski definition) is 1. The predicted octanol–water partition coefficient (Wildman–Crippen LogP) is 1.92. The van der Waals surface area contributed by atoms with Crippen molar-refractivity contribution in [2.24, 2.45) is 0 Å². The largest absolute Gasteiger partial charge is 0.441 e. The number of esters is 1. The first kappa shape index (κ1) is 19.4. The van der Waals surface area contributed by atoms with Gasteiger partial charge in [0.05, 0.1) is 13.4 Å². The van der Waals surface area contributed by atoms with Crippen molar-refractivity contribution < 1.29 is 44.5 Å². The first-order chi connectivity index (χ1) is 10.3. The topological polar surface area (TPSA) is 80.7 Å². The van der Waals surface area contributed by atoms with Gasteiger partial charge in [-0.3, -0.25) is 4.55 Å². The third-order valence-electron chi connectivity index (χ3n) is 2.60. The van der Waals surface area contributed by atoms with Gasteiger partial charge in [0, 0.05) is 0 Å². The Hall–Kier alpha value is -1.69. The zero-order chi connectivity index (χ0) is 18.1. The fourth-order valence-electron chi connectivity index (χ4n) is 1.41. The zero-order valence-electron chi connectivity index (χ0n) is 11.0. The molecule has 0 heterocycles. The molecule has 0 aliphatic heterocycles. The fourth-order valence-corrected chi connectivity index (χ4v) is 1.87. The Kier molecular flexibility index (Phi) is 5.42. The van der Waals surface area contributed by atoms with Gasteiger partial charge in [0.2, 0.25) is 0 Å². The Bertz CT molecular complexity index is 671. The van der Waals surface area contributed by atoms with Gasteiger partial charge in [-0.2, -0.15) is 30.4 Å². The minimum Gasteiger partial charge on any atom is -0.441 e. The number of halogens is 5. The van der Waals surface area contributed by atoms with Crippen LogP contribution in [-0.2, 0) is 21.2 Å². The smallest absolute Gasteiger partial charge is 0.432 e. The van der Waals surface area contributed by atoms with Crippen LogP contribution in [0.25, 0.3) is 0 Å². The Morgan fingerprint density at radius 2 is 1.65 bits per heavy atom. The number of carbonyl (C=O) groups excluding carboxylic acids is 1. The van der Waals surface area contributed by atoms with Gasteiger partial charge in [-0.05, 0) is 12.1 Å². The van der Waals surface area contributed by atoms with Gasteiger partial charge in [0.15, 0.2) is 0 Å². The normalized spacial score (nSPS) is 14.3. The minimum atomic E-state index is -6.47. The van der Waals surface area contributed by atoms with E-state index < -0.39 is 39.2 Å². The van der Waals surface area contributed by atoms with Crippen molar-refractivity contribution in [3.05, 3.63) is 35.4 Å². The van der Waals surface area contributed by atoms with Gasteiger partial charge in [0.1, 0.15) is 0 Å². The molecule has 1 atom stereocenters. The van der Waals surface area contributed by atoms with Crippen molar-refractivity contribution in [1.82, 2.24) is 0 Å². The summed E-state index contributed by atoms with van der Waals surface area (Å²) in [6.07, 6.45) is -10.3. The van der Waals surface area contributed by atoms with Crippen molar-refractivity contribution >= 4 is 23.9 Å². The molecule has 126 valence electrons. The molecule has 0 aromatic heterocycles.